The van der Waals surface area contributed by atoms with Gasteiger partial charge in [-0.3, -0.25) is 0 Å². The molecule has 0 rings (SSSR count). The molecule has 0 spiro atoms. The van der Waals surface area contributed by atoms with Gasteiger partial charge >= 0.3 is 12.0 Å². The number of carbonyl (C=O) groups excluding carboxylic acids is 1. The lowest BCUT2D eigenvalue weighted by molar-refractivity contribution is -0.129. The van der Waals surface area contributed by atoms with Gasteiger partial charge in [-0.15, -0.1) is 0 Å². The van der Waals surface area contributed by atoms with Gasteiger partial charge in [0.25, 0.3) is 0 Å². The number of hydrogen-bond acceptors (Lipinski definition) is 3. The van der Waals surface area contributed by atoms with Gasteiger partial charge in [0.05, 0.1) is 0 Å². The van der Waals surface area contributed by atoms with E-state index in [0.717, 1.165) is 0 Å². The summed E-state index contributed by atoms with van der Waals surface area (Å²) in [5, 5.41) is 11.8. The molecule has 0 heterocycles. The average Bonchev–Trinajstić information content (AvgIpc) is 1.84. The van der Waals surface area contributed by atoms with E-state index in [1.54, 1.807) is 13.8 Å². The molecule has 2 amide bonds. The minimum absolute atomic E-state index is 0.131. The number of urea groups is 1. The molecular weight excluding hydrogens is 162 g/mol. The molecule has 0 bridgehead atoms. The molecule has 0 atom stereocenters. The number of hydrogen-bond donors (Lipinski definition) is 3. The van der Waals surface area contributed by atoms with Gasteiger partial charge in [-0.25, -0.2) is 15.0 Å². The van der Waals surface area contributed by atoms with Crippen LogP contribution in [0.5, 0.6) is 0 Å². The van der Waals surface area contributed by atoms with E-state index in [9.17, 15) is 9.59 Å². The molecule has 0 aliphatic carbocycles. The number of carboxylic acids is 1. The molecule has 0 aliphatic rings. The Morgan fingerprint density at radius 3 is 2.25 bits per heavy atom. The van der Waals surface area contributed by atoms with Crippen molar-refractivity contribution in [2.45, 2.75) is 13.8 Å². The summed E-state index contributed by atoms with van der Waals surface area (Å²) in [6.07, 6.45) is 0. The van der Waals surface area contributed by atoms with E-state index in [0.29, 0.717) is 0 Å². The topological polar surface area (TPSA) is 105 Å². The quantitative estimate of drug-likeness (QED) is 0.404. The number of aliphatic carboxylic acids is 1. The Morgan fingerprint density at radius 2 is 2.00 bits per heavy atom. The van der Waals surface area contributed by atoms with Crippen LogP contribution >= 0.6 is 0 Å². The summed E-state index contributed by atoms with van der Waals surface area (Å²) in [7, 11) is 0. The van der Waals surface area contributed by atoms with Crippen molar-refractivity contribution >= 4 is 17.7 Å². The summed E-state index contributed by atoms with van der Waals surface area (Å²) in [6.45, 7) is 3.30. The van der Waals surface area contributed by atoms with Crippen LogP contribution in [-0.4, -0.2) is 22.8 Å². The third-order valence-electron chi connectivity index (χ3n) is 1.05. The number of rotatable bonds is 3. The lowest BCUT2D eigenvalue weighted by Gasteiger charge is -2.03. The van der Waals surface area contributed by atoms with Gasteiger partial charge in [-0.1, -0.05) is 13.8 Å². The normalized spacial score (nSPS) is 11.4. The van der Waals surface area contributed by atoms with Crippen LogP contribution in [0.3, 0.4) is 0 Å². The van der Waals surface area contributed by atoms with Crippen molar-refractivity contribution in [2.75, 3.05) is 0 Å². The molecule has 0 saturated heterocycles. The van der Waals surface area contributed by atoms with Gasteiger partial charge in [0, 0.05) is 5.92 Å². The van der Waals surface area contributed by atoms with Crippen LogP contribution in [0.1, 0.15) is 13.8 Å². The summed E-state index contributed by atoms with van der Waals surface area (Å²) in [6, 6.07) is -0.880. The van der Waals surface area contributed by atoms with Crippen LogP contribution in [0.15, 0.2) is 5.10 Å². The molecule has 0 aromatic carbocycles. The maximum atomic E-state index is 10.4. The molecule has 0 saturated carbocycles. The number of carbonyl (C=O) groups is 2. The van der Waals surface area contributed by atoms with Crippen LogP contribution in [0, 0.1) is 5.92 Å². The fourth-order valence-electron chi connectivity index (χ4n) is 0.539. The monoisotopic (exact) mass is 173 g/mol. The third-order valence-corrected chi connectivity index (χ3v) is 1.05. The first-order valence-corrected chi connectivity index (χ1v) is 3.31. The van der Waals surface area contributed by atoms with E-state index in [2.05, 4.69) is 5.10 Å². The highest BCUT2D eigenvalue weighted by atomic mass is 16.4. The van der Waals surface area contributed by atoms with E-state index in [1.807, 2.05) is 5.43 Å². The van der Waals surface area contributed by atoms with E-state index in [-0.39, 0.29) is 11.6 Å². The Bertz CT molecular complexity index is 222. The minimum atomic E-state index is -1.17. The standard InChI is InChI=1S/C6H11N3O3/c1-3(2)4(5(10)11)8-9-6(7)12/h3H,1-2H3,(H,10,11)(H3,7,9,12)/b8-4+. The van der Waals surface area contributed by atoms with Gasteiger partial charge < -0.3 is 10.8 Å². The molecule has 68 valence electrons. The number of nitrogens with two attached hydrogens (primary N) is 1. The predicted molar refractivity (Wildman–Crippen MR) is 42.6 cm³/mol. The fourth-order valence-corrected chi connectivity index (χ4v) is 0.539. The van der Waals surface area contributed by atoms with Crippen LogP contribution in [0.2, 0.25) is 0 Å². The van der Waals surface area contributed by atoms with Gasteiger partial charge in [-0.05, 0) is 0 Å². The Kier molecular flexibility index (Phi) is 3.75. The van der Waals surface area contributed by atoms with Gasteiger partial charge in [0.1, 0.15) is 5.71 Å². The fraction of sp³-hybridized carbons (Fsp3) is 0.500. The zero-order chi connectivity index (χ0) is 9.72. The summed E-state index contributed by atoms with van der Waals surface area (Å²) in [4.78, 5) is 20.6. The Balaban J connectivity index is 4.40. The smallest absolute Gasteiger partial charge is 0.352 e. The SMILES string of the molecule is CC(C)/C(=N\NC(N)=O)C(=O)O. The molecule has 0 aromatic heterocycles. The van der Waals surface area contributed by atoms with Gasteiger partial charge in [0.2, 0.25) is 0 Å². The van der Waals surface area contributed by atoms with Gasteiger partial charge in [0.15, 0.2) is 0 Å². The van der Waals surface area contributed by atoms with E-state index in [4.69, 9.17) is 10.8 Å². The summed E-state index contributed by atoms with van der Waals surface area (Å²) in [5.74, 6) is -1.44. The molecule has 0 aliphatic heterocycles. The maximum Gasteiger partial charge on any atom is 0.352 e. The first kappa shape index (κ1) is 10.4. The van der Waals surface area contributed by atoms with E-state index < -0.39 is 12.0 Å². The lowest BCUT2D eigenvalue weighted by atomic mass is 10.1. The second-order valence-corrected chi connectivity index (χ2v) is 2.43. The zero-order valence-corrected chi connectivity index (χ0v) is 6.87. The molecular formula is C6H11N3O3. The third kappa shape index (κ3) is 3.55. The molecule has 0 radical (unpaired) electrons. The first-order chi connectivity index (χ1) is 5.45. The predicted octanol–water partition coefficient (Wildman–Crippen LogP) is -0.249. The van der Waals surface area contributed by atoms with Crippen LogP contribution in [0.25, 0.3) is 0 Å². The Hall–Kier alpha value is -1.59. The van der Waals surface area contributed by atoms with Crippen molar-refractivity contribution < 1.29 is 14.7 Å². The number of carboxylic acid groups (broad SMARTS) is 1. The van der Waals surface area contributed by atoms with Crippen molar-refractivity contribution in [2.24, 2.45) is 16.8 Å². The van der Waals surface area contributed by atoms with Crippen LogP contribution in [-0.2, 0) is 4.79 Å². The molecule has 0 fully saturated rings. The molecule has 6 nitrogen and oxygen atoms in total. The van der Waals surface area contributed by atoms with Crippen molar-refractivity contribution in [3.63, 3.8) is 0 Å². The van der Waals surface area contributed by atoms with Crippen molar-refractivity contribution in [1.29, 1.82) is 0 Å². The summed E-state index contributed by atoms with van der Waals surface area (Å²) >= 11 is 0. The van der Waals surface area contributed by atoms with Gasteiger partial charge in [-0.2, -0.15) is 5.10 Å². The Morgan fingerprint density at radius 1 is 1.50 bits per heavy atom. The molecule has 4 N–H and O–H groups in total. The number of hydrazone groups is 1. The van der Waals surface area contributed by atoms with Crippen LogP contribution < -0.4 is 11.2 Å². The van der Waals surface area contributed by atoms with Crippen molar-refractivity contribution in [1.82, 2.24) is 5.43 Å². The van der Waals surface area contributed by atoms with Crippen molar-refractivity contribution in [3.8, 4) is 0 Å². The highest BCUT2D eigenvalue weighted by Gasteiger charge is 2.13. The second kappa shape index (κ2) is 4.32. The largest absolute Gasteiger partial charge is 0.477 e. The van der Waals surface area contributed by atoms with E-state index in [1.165, 1.54) is 0 Å². The van der Waals surface area contributed by atoms with Crippen LogP contribution in [0.4, 0.5) is 4.79 Å². The minimum Gasteiger partial charge on any atom is -0.477 e. The number of nitrogens with zero attached hydrogens (tertiary/aromatic N) is 1. The Labute approximate surface area is 69.4 Å². The van der Waals surface area contributed by atoms with E-state index >= 15 is 0 Å². The maximum absolute atomic E-state index is 10.4. The molecule has 6 heteroatoms. The number of primary amides is 1. The number of amides is 2. The summed E-state index contributed by atoms with van der Waals surface area (Å²) in [5.41, 5.74) is 6.41. The number of nitrogens with one attached hydrogen (secondary N) is 1. The summed E-state index contributed by atoms with van der Waals surface area (Å²) < 4.78 is 0. The zero-order valence-electron chi connectivity index (χ0n) is 6.87. The lowest BCUT2D eigenvalue weighted by Crippen LogP contribution is -2.29. The first-order valence-electron chi connectivity index (χ1n) is 3.31. The molecule has 0 unspecified atom stereocenters. The second-order valence-electron chi connectivity index (χ2n) is 2.43. The molecule has 12 heavy (non-hydrogen) atoms. The molecule has 0 aromatic rings. The highest BCUT2D eigenvalue weighted by molar-refractivity contribution is 6.36. The van der Waals surface area contributed by atoms with Crippen molar-refractivity contribution in [3.05, 3.63) is 0 Å². The average molecular weight is 173 g/mol. The highest BCUT2D eigenvalue weighted by Crippen LogP contribution is 1.95.